The van der Waals surface area contributed by atoms with E-state index in [4.69, 9.17) is 5.73 Å². The first-order chi connectivity index (χ1) is 11.5. The summed E-state index contributed by atoms with van der Waals surface area (Å²) >= 11 is 0. The van der Waals surface area contributed by atoms with Crippen molar-refractivity contribution in [1.29, 1.82) is 0 Å². The lowest BCUT2D eigenvalue weighted by Crippen LogP contribution is -2.24. The summed E-state index contributed by atoms with van der Waals surface area (Å²) in [7, 11) is 0. The molecule has 0 amide bonds. The van der Waals surface area contributed by atoms with Crippen LogP contribution in [0.1, 0.15) is 12.0 Å². The van der Waals surface area contributed by atoms with E-state index in [0.29, 0.717) is 18.7 Å². The zero-order chi connectivity index (χ0) is 16.7. The molecule has 0 saturated carbocycles. The average Bonchev–Trinajstić information content (AvgIpc) is 3.09. The summed E-state index contributed by atoms with van der Waals surface area (Å²) in [6.07, 6.45) is -0.0548. The SMILES string of the molecule is Nc1nc2cccc(-c3ccc(CN4CCC(F)(F)C4)cc3)n2n1. The van der Waals surface area contributed by atoms with Gasteiger partial charge in [-0.15, -0.1) is 5.10 Å². The highest BCUT2D eigenvalue weighted by atomic mass is 19.3. The molecule has 7 heteroatoms. The van der Waals surface area contributed by atoms with E-state index in [1.807, 2.05) is 42.5 Å². The number of hydrogen-bond donors (Lipinski definition) is 1. The topological polar surface area (TPSA) is 59.5 Å². The molecule has 124 valence electrons. The third kappa shape index (κ3) is 2.82. The molecule has 3 heterocycles. The monoisotopic (exact) mass is 329 g/mol. The van der Waals surface area contributed by atoms with Crippen LogP contribution in [0.25, 0.3) is 16.9 Å². The van der Waals surface area contributed by atoms with Gasteiger partial charge in [-0.1, -0.05) is 30.3 Å². The van der Waals surface area contributed by atoms with Crippen LogP contribution in [0.2, 0.25) is 0 Å². The number of nitrogens with zero attached hydrogens (tertiary/aromatic N) is 4. The van der Waals surface area contributed by atoms with Gasteiger partial charge in [-0.05, 0) is 17.7 Å². The standard InChI is InChI=1S/C17H17F2N5/c18-17(19)8-9-23(11-17)10-12-4-6-13(7-5-12)14-2-1-3-15-21-16(20)22-24(14)15/h1-7H,8-11H2,(H2,20,22). The maximum absolute atomic E-state index is 13.3. The van der Waals surface area contributed by atoms with Crippen LogP contribution in [0.5, 0.6) is 0 Å². The number of nitrogens with two attached hydrogens (primary N) is 1. The number of rotatable bonds is 3. The van der Waals surface area contributed by atoms with Crippen molar-refractivity contribution in [2.75, 3.05) is 18.8 Å². The van der Waals surface area contributed by atoms with Crippen molar-refractivity contribution in [3.05, 3.63) is 48.0 Å². The zero-order valence-corrected chi connectivity index (χ0v) is 13.0. The zero-order valence-electron chi connectivity index (χ0n) is 13.0. The average molecular weight is 329 g/mol. The lowest BCUT2D eigenvalue weighted by molar-refractivity contribution is 0.0115. The van der Waals surface area contributed by atoms with E-state index in [1.165, 1.54) is 0 Å². The van der Waals surface area contributed by atoms with Gasteiger partial charge in [0.25, 0.3) is 5.92 Å². The summed E-state index contributed by atoms with van der Waals surface area (Å²) in [5, 5.41) is 4.20. The molecule has 0 aliphatic carbocycles. The van der Waals surface area contributed by atoms with Crippen LogP contribution in [0.15, 0.2) is 42.5 Å². The van der Waals surface area contributed by atoms with E-state index in [0.717, 1.165) is 16.8 Å². The van der Waals surface area contributed by atoms with E-state index in [-0.39, 0.29) is 18.9 Å². The van der Waals surface area contributed by atoms with E-state index < -0.39 is 5.92 Å². The highest BCUT2D eigenvalue weighted by Crippen LogP contribution is 2.28. The number of likely N-dealkylation sites (tertiary alicyclic amines) is 1. The van der Waals surface area contributed by atoms with Gasteiger partial charge in [0, 0.05) is 25.1 Å². The summed E-state index contributed by atoms with van der Waals surface area (Å²) in [4.78, 5) is 5.94. The van der Waals surface area contributed by atoms with Crippen LogP contribution in [0.3, 0.4) is 0 Å². The Kier molecular flexibility index (Phi) is 3.45. The summed E-state index contributed by atoms with van der Waals surface area (Å²) in [6.45, 7) is 0.814. The van der Waals surface area contributed by atoms with Gasteiger partial charge >= 0.3 is 0 Å². The molecule has 4 rings (SSSR count). The molecule has 0 spiro atoms. The summed E-state index contributed by atoms with van der Waals surface area (Å²) in [5.74, 6) is -2.32. The fourth-order valence-electron chi connectivity index (χ4n) is 3.12. The van der Waals surface area contributed by atoms with Crippen molar-refractivity contribution in [1.82, 2.24) is 19.5 Å². The number of hydrogen-bond acceptors (Lipinski definition) is 4. The Morgan fingerprint density at radius 1 is 1.12 bits per heavy atom. The Bertz CT molecular complexity index is 872. The van der Waals surface area contributed by atoms with E-state index in [2.05, 4.69) is 10.1 Å². The highest BCUT2D eigenvalue weighted by Gasteiger charge is 2.37. The van der Waals surface area contributed by atoms with Crippen molar-refractivity contribution >= 4 is 11.6 Å². The van der Waals surface area contributed by atoms with Crippen LogP contribution in [0.4, 0.5) is 14.7 Å². The van der Waals surface area contributed by atoms with Gasteiger partial charge in [-0.3, -0.25) is 4.90 Å². The molecule has 0 atom stereocenters. The first-order valence-corrected chi connectivity index (χ1v) is 7.81. The van der Waals surface area contributed by atoms with Gasteiger partial charge < -0.3 is 5.73 Å². The summed E-state index contributed by atoms with van der Waals surface area (Å²) in [5.41, 5.74) is 9.23. The first-order valence-electron chi connectivity index (χ1n) is 7.81. The largest absolute Gasteiger partial charge is 0.366 e. The highest BCUT2D eigenvalue weighted by molar-refractivity contribution is 5.63. The second-order valence-corrected chi connectivity index (χ2v) is 6.16. The lowest BCUT2D eigenvalue weighted by atomic mass is 10.1. The van der Waals surface area contributed by atoms with E-state index in [1.54, 1.807) is 9.42 Å². The number of benzene rings is 1. The molecule has 1 fully saturated rings. The predicted octanol–water partition coefficient (Wildman–Crippen LogP) is 2.82. The number of aromatic nitrogens is 3. The Hall–Kier alpha value is -2.54. The van der Waals surface area contributed by atoms with Gasteiger partial charge in [0.05, 0.1) is 12.2 Å². The lowest BCUT2D eigenvalue weighted by Gasteiger charge is -2.15. The summed E-state index contributed by atoms with van der Waals surface area (Å²) in [6, 6.07) is 13.5. The normalized spacial score (nSPS) is 17.6. The molecule has 2 N–H and O–H groups in total. The van der Waals surface area contributed by atoms with Crippen molar-refractivity contribution in [2.45, 2.75) is 18.9 Å². The molecule has 0 unspecified atom stereocenters. The quantitative estimate of drug-likeness (QED) is 0.803. The number of nitrogen functional groups attached to an aromatic ring is 1. The molecule has 0 radical (unpaired) electrons. The van der Waals surface area contributed by atoms with Crippen molar-refractivity contribution in [2.24, 2.45) is 0 Å². The van der Waals surface area contributed by atoms with Gasteiger partial charge in [-0.2, -0.15) is 4.98 Å². The van der Waals surface area contributed by atoms with Gasteiger partial charge in [0.15, 0.2) is 5.65 Å². The molecule has 0 bridgehead atoms. The molecule has 1 aliphatic rings. The maximum atomic E-state index is 13.3. The Morgan fingerprint density at radius 3 is 2.62 bits per heavy atom. The van der Waals surface area contributed by atoms with Gasteiger partial charge in [0.2, 0.25) is 5.95 Å². The van der Waals surface area contributed by atoms with Crippen LogP contribution < -0.4 is 5.73 Å². The molecule has 5 nitrogen and oxygen atoms in total. The smallest absolute Gasteiger partial charge is 0.261 e. The van der Waals surface area contributed by atoms with Crippen LogP contribution in [0, 0.1) is 0 Å². The number of fused-ring (bicyclic) bond motifs is 1. The maximum Gasteiger partial charge on any atom is 0.261 e. The number of pyridine rings is 1. The molecule has 1 aliphatic heterocycles. The molecular weight excluding hydrogens is 312 g/mol. The van der Waals surface area contributed by atoms with Crippen LogP contribution in [-0.2, 0) is 6.54 Å². The minimum absolute atomic E-state index is 0.0548. The third-order valence-corrected chi connectivity index (χ3v) is 4.28. The number of anilines is 1. The first kappa shape index (κ1) is 15.0. The molecular formula is C17H17F2N5. The van der Waals surface area contributed by atoms with Gasteiger partial charge in [0.1, 0.15) is 0 Å². The minimum Gasteiger partial charge on any atom is -0.366 e. The summed E-state index contributed by atoms with van der Waals surface area (Å²) < 4.78 is 28.2. The van der Waals surface area contributed by atoms with Crippen LogP contribution in [-0.4, -0.2) is 38.5 Å². The molecule has 2 aromatic heterocycles. The second-order valence-electron chi connectivity index (χ2n) is 6.16. The van der Waals surface area contributed by atoms with E-state index >= 15 is 0 Å². The Balaban J connectivity index is 1.57. The molecule has 1 saturated heterocycles. The van der Waals surface area contributed by atoms with Crippen molar-refractivity contribution < 1.29 is 8.78 Å². The van der Waals surface area contributed by atoms with E-state index in [9.17, 15) is 8.78 Å². The third-order valence-electron chi connectivity index (χ3n) is 4.28. The van der Waals surface area contributed by atoms with Gasteiger partial charge in [-0.25, -0.2) is 13.3 Å². The Morgan fingerprint density at radius 2 is 1.92 bits per heavy atom. The fourth-order valence-corrected chi connectivity index (χ4v) is 3.12. The van der Waals surface area contributed by atoms with Crippen LogP contribution >= 0.6 is 0 Å². The Labute approximate surface area is 137 Å². The van der Waals surface area contributed by atoms with Crippen molar-refractivity contribution in [3.63, 3.8) is 0 Å². The molecule has 24 heavy (non-hydrogen) atoms. The predicted molar refractivity (Wildman–Crippen MR) is 87.7 cm³/mol. The minimum atomic E-state index is -2.55. The fraction of sp³-hybridized carbons (Fsp3) is 0.294. The number of alkyl halides is 2. The molecule has 1 aromatic carbocycles. The van der Waals surface area contributed by atoms with Crippen molar-refractivity contribution in [3.8, 4) is 11.3 Å². The number of halogens is 2. The molecule has 3 aromatic rings. The second kappa shape index (κ2) is 5.52.